The van der Waals surface area contributed by atoms with Gasteiger partial charge in [0.15, 0.2) is 11.5 Å². The number of hydrogen-bond donors (Lipinski definition) is 3. The van der Waals surface area contributed by atoms with E-state index in [1.54, 1.807) is 12.1 Å². The van der Waals surface area contributed by atoms with Gasteiger partial charge >= 0.3 is 0 Å². The van der Waals surface area contributed by atoms with Gasteiger partial charge in [0.25, 0.3) is 0 Å². The smallest absolute Gasteiger partial charge is 0.163 e. The maximum absolute atomic E-state index is 9.04. The monoisotopic (exact) mass is 365 g/mol. The maximum atomic E-state index is 9.04. The number of fused-ring (bicyclic) bond motifs is 1. The average Bonchev–Trinajstić information content (AvgIpc) is 2.71. The van der Waals surface area contributed by atoms with Crippen LogP contribution in [-0.2, 0) is 0 Å². The number of anilines is 2. The van der Waals surface area contributed by atoms with Crippen molar-refractivity contribution in [2.45, 2.75) is 0 Å². The van der Waals surface area contributed by atoms with E-state index in [1.807, 2.05) is 24.3 Å². The summed E-state index contributed by atoms with van der Waals surface area (Å²) in [5.41, 5.74) is 2.27. The molecule has 0 amide bonds. The van der Waals surface area contributed by atoms with Crippen molar-refractivity contribution in [3.8, 4) is 23.8 Å². The average molecular weight is 365 g/mol. The van der Waals surface area contributed by atoms with Crippen LogP contribution < -0.4 is 14.8 Å². The highest BCUT2D eigenvalue weighted by molar-refractivity contribution is 5.93. The van der Waals surface area contributed by atoms with Crippen molar-refractivity contribution in [2.75, 3.05) is 31.7 Å². The predicted octanol–water partition coefficient (Wildman–Crippen LogP) is 2.10. The highest BCUT2D eigenvalue weighted by Crippen LogP contribution is 2.35. The van der Waals surface area contributed by atoms with Crippen LogP contribution in [0.15, 0.2) is 42.7 Å². The highest BCUT2D eigenvalue weighted by Gasteiger charge is 2.12. The molecule has 0 aliphatic rings. The van der Waals surface area contributed by atoms with Crippen molar-refractivity contribution in [1.29, 1.82) is 0 Å². The number of benzene rings is 2. The largest absolute Gasteiger partial charge is 0.487 e. The molecule has 0 saturated carbocycles. The lowest BCUT2D eigenvalue weighted by Crippen LogP contribution is -2.07. The molecule has 0 atom stereocenters. The van der Waals surface area contributed by atoms with Gasteiger partial charge < -0.3 is 25.0 Å². The lowest BCUT2D eigenvalue weighted by atomic mass is 10.2. The minimum atomic E-state index is -0.130. The number of aromatic nitrogens is 2. The summed E-state index contributed by atoms with van der Waals surface area (Å²) >= 11 is 0. The van der Waals surface area contributed by atoms with E-state index in [0.717, 1.165) is 16.6 Å². The zero-order valence-corrected chi connectivity index (χ0v) is 14.6. The minimum Gasteiger partial charge on any atom is -0.487 e. The molecular formula is C20H19N3O4. The summed E-state index contributed by atoms with van der Waals surface area (Å²) in [4.78, 5) is 8.59. The van der Waals surface area contributed by atoms with Gasteiger partial charge in [0.1, 0.15) is 25.4 Å². The van der Waals surface area contributed by atoms with Gasteiger partial charge in [-0.05, 0) is 30.3 Å². The molecule has 3 aromatic rings. The van der Waals surface area contributed by atoms with E-state index in [0.29, 0.717) is 22.8 Å². The van der Waals surface area contributed by atoms with Gasteiger partial charge in [-0.2, -0.15) is 0 Å². The van der Waals surface area contributed by atoms with Crippen LogP contribution in [0.3, 0.4) is 0 Å². The van der Waals surface area contributed by atoms with E-state index in [2.05, 4.69) is 21.2 Å². The molecule has 0 aliphatic carbocycles. The first-order chi connectivity index (χ1) is 13.2. The topological polar surface area (TPSA) is 96.7 Å². The minimum absolute atomic E-state index is 0.116. The Bertz CT molecular complexity index is 952. The molecule has 0 aliphatic heterocycles. The Morgan fingerprint density at radius 1 is 0.963 bits per heavy atom. The molecule has 3 rings (SSSR count). The van der Waals surface area contributed by atoms with Crippen LogP contribution in [-0.4, -0.2) is 46.6 Å². The van der Waals surface area contributed by atoms with Crippen LogP contribution in [0.4, 0.5) is 11.5 Å². The van der Waals surface area contributed by atoms with Crippen LogP contribution >= 0.6 is 0 Å². The highest BCUT2D eigenvalue weighted by atomic mass is 16.5. The fourth-order valence-corrected chi connectivity index (χ4v) is 2.49. The van der Waals surface area contributed by atoms with Crippen LogP contribution in [0.5, 0.6) is 11.5 Å². The standard InChI is InChI=1S/C20H19N3O4/c1-2-14-3-5-15(6-4-14)23-20-16-11-18(26-9-7-24)19(27-10-8-25)12-17(16)21-13-22-20/h1,3-6,11-13,24-25H,7-10H2,(H,21,22,23). The summed E-state index contributed by atoms with van der Waals surface area (Å²) in [6.45, 7) is -0.0131. The van der Waals surface area contributed by atoms with Gasteiger partial charge in [-0.1, -0.05) is 5.92 Å². The van der Waals surface area contributed by atoms with Crippen LogP contribution in [0.2, 0.25) is 0 Å². The second kappa shape index (κ2) is 8.85. The summed E-state index contributed by atoms with van der Waals surface area (Å²) in [7, 11) is 0. The van der Waals surface area contributed by atoms with Gasteiger partial charge in [-0.3, -0.25) is 0 Å². The number of ether oxygens (including phenoxy) is 2. The third-order valence-corrected chi connectivity index (χ3v) is 3.71. The number of hydrogen-bond acceptors (Lipinski definition) is 7. The SMILES string of the molecule is C#Cc1ccc(Nc2ncnc3cc(OCCO)c(OCCO)cc23)cc1. The molecule has 0 spiro atoms. The van der Waals surface area contributed by atoms with Gasteiger partial charge in [0.05, 0.1) is 18.7 Å². The van der Waals surface area contributed by atoms with Gasteiger partial charge in [-0.25, -0.2) is 9.97 Å². The van der Waals surface area contributed by atoms with Crippen molar-refractivity contribution in [2.24, 2.45) is 0 Å². The summed E-state index contributed by atoms with van der Waals surface area (Å²) < 4.78 is 11.1. The van der Waals surface area contributed by atoms with Crippen LogP contribution in [0.1, 0.15) is 5.56 Å². The van der Waals surface area contributed by atoms with E-state index in [9.17, 15) is 0 Å². The first kappa shape index (κ1) is 18.5. The molecule has 0 saturated heterocycles. The molecule has 0 bridgehead atoms. The molecule has 2 aromatic carbocycles. The Kier molecular flexibility index (Phi) is 6.05. The zero-order valence-electron chi connectivity index (χ0n) is 14.6. The Morgan fingerprint density at radius 3 is 2.26 bits per heavy atom. The maximum Gasteiger partial charge on any atom is 0.163 e. The normalized spacial score (nSPS) is 10.4. The summed E-state index contributed by atoms with van der Waals surface area (Å²) in [6.07, 6.45) is 6.83. The lowest BCUT2D eigenvalue weighted by Gasteiger charge is -2.14. The second-order valence-corrected chi connectivity index (χ2v) is 5.53. The van der Waals surface area contributed by atoms with Crippen molar-refractivity contribution in [3.05, 3.63) is 48.3 Å². The number of nitrogens with one attached hydrogen (secondary N) is 1. The van der Waals surface area contributed by atoms with Gasteiger partial charge in [-0.15, -0.1) is 6.42 Å². The predicted molar refractivity (Wildman–Crippen MR) is 102 cm³/mol. The summed E-state index contributed by atoms with van der Waals surface area (Å²) in [5, 5.41) is 22.0. The first-order valence-corrected chi connectivity index (χ1v) is 8.35. The van der Waals surface area contributed by atoms with Crippen LogP contribution in [0, 0.1) is 12.3 Å². The Morgan fingerprint density at radius 2 is 1.63 bits per heavy atom. The van der Waals surface area contributed by atoms with E-state index >= 15 is 0 Å². The third-order valence-electron chi connectivity index (χ3n) is 3.71. The van der Waals surface area contributed by atoms with Crippen molar-refractivity contribution < 1.29 is 19.7 Å². The number of nitrogens with zero attached hydrogens (tertiary/aromatic N) is 2. The van der Waals surface area contributed by atoms with Crippen molar-refractivity contribution in [1.82, 2.24) is 9.97 Å². The molecule has 27 heavy (non-hydrogen) atoms. The third kappa shape index (κ3) is 4.44. The molecule has 0 radical (unpaired) electrons. The number of terminal acetylenes is 1. The number of aliphatic hydroxyl groups is 2. The number of rotatable bonds is 8. The summed E-state index contributed by atoms with van der Waals surface area (Å²) in [5.74, 6) is 4.04. The fraction of sp³-hybridized carbons (Fsp3) is 0.200. The van der Waals surface area contributed by atoms with E-state index in [-0.39, 0.29) is 26.4 Å². The van der Waals surface area contributed by atoms with Crippen LogP contribution in [0.25, 0.3) is 10.9 Å². The van der Waals surface area contributed by atoms with E-state index < -0.39 is 0 Å². The molecule has 1 heterocycles. The van der Waals surface area contributed by atoms with Gasteiger partial charge in [0.2, 0.25) is 0 Å². The summed E-state index contributed by atoms with van der Waals surface area (Å²) in [6, 6.07) is 10.9. The molecule has 7 heteroatoms. The van der Waals surface area contributed by atoms with Crippen molar-refractivity contribution in [3.63, 3.8) is 0 Å². The van der Waals surface area contributed by atoms with E-state index in [4.69, 9.17) is 26.1 Å². The zero-order chi connectivity index (χ0) is 19.1. The Balaban J connectivity index is 1.98. The molecular weight excluding hydrogens is 346 g/mol. The second-order valence-electron chi connectivity index (χ2n) is 5.53. The fourth-order valence-electron chi connectivity index (χ4n) is 2.49. The quantitative estimate of drug-likeness (QED) is 0.526. The molecule has 7 nitrogen and oxygen atoms in total. The molecule has 0 fully saturated rings. The Labute approximate surface area is 156 Å². The molecule has 138 valence electrons. The molecule has 3 N–H and O–H groups in total. The Hall–Kier alpha value is -3.34. The first-order valence-electron chi connectivity index (χ1n) is 8.35. The van der Waals surface area contributed by atoms with Crippen molar-refractivity contribution >= 4 is 22.4 Å². The molecule has 1 aromatic heterocycles. The number of aliphatic hydroxyl groups excluding tert-OH is 2. The molecule has 0 unspecified atom stereocenters. The van der Waals surface area contributed by atoms with E-state index in [1.165, 1.54) is 6.33 Å². The van der Waals surface area contributed by atoms with Gasteiger partial charge in [0, 0.05) is 22.7 Å². The lowest BCUT2D eigenvalue weighted by molar-refractivity contribution is 0.178.